The van der Waals surface area contributed by atoms with E-state index in [1.165, 1.54) is 0 Å². The van der Waals surface area contributed by atoms with Gasteiger partial charge in [-0.15, -0.1) is 0 Å². The molecule has 1 N–H and O–H groups in total. The smallest absolute Gasteiger partial charge is 0.261 e. The molecule has 0 saturated heterocycles. The monoisotopic (exact) mass is 396 g/mol. The highest BCUT2D eigenvalue weighted by atomic mass is 16.5. The number of para-hydroxylation sites is 1. The standard InChI is InChI=1S/C24H32N2O3/c1-5-21(24(28)25-15-18(2)3)26(16-20-12-7-6-8-13-20)23(27)17-29-22-14-10-9-11-19(22)4/h6-14,18,21H,5,15-17H2,1-4H3,(H,25,28). The number of ether oxygens (including phenoxy) is 1. The Bertz CT molecular complexity index is 790. The van der Waals surface area contributed by atoms with Gasteiger partial charge in [-0.25, -0.2) is 0 Å². The molecule has 0 aliphatic carbocycles. The first kappa shape index (κ1) is 22.5. The normalized spacial score (nSPS) is 11.8. The van der Waals surface area contributed by atoms with E-state index < -0.39 is 6.04 Å². The van der Waals surface area contributed by atoms with Crippen molar-refractivity contribution in [3.8, 4) is 5.75 Å². The van der Waals surface area contributed by atoms with Gasteiger partial charge in [0.05, 0.1) is 0 Å². The minimum Gasteiger partial charge on any atom is -0.484 e. The zero-order chi connectivity index (χ0) is 21.2. The van der Waals surface area contributed by atoms with Gasteiger partial charge in [0.1, 0.15) is 11.8 Å². The first-order valence-electron chi connectivity index (χ1n) is 10.2. The number of benzene rings is 2. The molecule has 2 aromatic rings. The van der Waals surface area contributed by atoms with Gasteiger partial charge in [-0.2, -0.15) is 0 Å². The molecule has 1 unspecified atom stereocenters. The van der Waals surface area contributed by atoms with Crippen LogP contribution in [0.4, 0.5) is 0 Å². The molecule has 2 aromatic carbocycles. The van der Waals surface area contributed by atoms with Crippen molar-refractivity contribution in [3.63, 3.8) is 0 Å². The summed E-state index contributed by atoms with van der Waals surface area (Å²) >= 11 is 0. The molecule has 5 nitrogen and oxygen atoms in total. The lowest BCUT2D eigenvalue weighted by Crippen LogP contribution is -2.50. The molecule has 0 fully saturated rings. The predicted molar refractivity (Wildman–Crippen MR) is 116 cm³/mol. The molecule has 0 heterocycles. The highest BCUT2D eigenvalue weighted by Crippen LogP contribution is 2.17. The van der Waals surface area contributed by atoms with E-state index in [1.54, 1.807) is 4.90 Å². The second-order valence-electron chi connectivity index (χ2n) is 7.62. The van der Waals surface area contributed by atoms with E-state index in [0.717, 1.165) is 11.1 Å². The van der Waals surface area contributed by atoms with Gasteiger partial charge in [0, 0.05) is 13.1 Å². The van der Waals surface area contributed by atoms with Crippen molar-refractivity contribution in [2.75, 3.05) is 13.2 Å². The molecule has 1 atom stereocenters. The molecule has 29 heavy (non-hydrogen) atoms. The summed E-state index contributed by atoms with van der Waals surface area (Å²) < 4.78 is 5.77. The van der Waals surface area contributed by atoms with Crippen LogP contribution in [-0.2, 0) is 16.1 Å². The van der Waals surface area contributed by atoms with Crippen LogP contribution in [0.2, 0.25) is 0 Å². The minimum absolute atomic E-state index is 0.106. The van der Waals surface area contributed by atoms with Crippen molar-refractivity contribution < 1.29 is 14.3 Å². The van der Waals surface area contributed by atoms with Crippen molar-refractivity contribution in [1.29, 1.82) is 0 Å². The Hall–Kier alpha value is -2.82. The number of nitrogens with zero attached hydrogens (tertiary/aromatic N) is 1. The van der Waals surface area contributed by atoms with Crippen LogP contribution in [0.5, 0.6) is 5.75 Å². The number of hydrogen-bond acceptors (Lipinski definition) is 3. The Balaban J connectivity index is 2.17. The first-order chi connectivity index (χ1) is 13.9. The third-order valence-corrected chi connectivity index (χ3v) is 4.71. The van der Waals surface area contributed by atoms with Crippen molar-refractivity contribution >= 4 is 11.8 Å². The van der Waals surface area contributed by atoms with Gasteiger partial charge in [-0.05, 0) is 36.5 Å². The van der Waals surface area contributed by atoms with Crippen molar-refractivity contribution in [3.05, 3.63) is 65.7 Å². The summed E-state index contributed by atoms with van der Waals surface area (Å²) in [4.78, 5) is 27.5. The number of carbonyl (C=O) groups is 2. The van der Waals surface area contributed by atoms with E-state index in [0.29, 0.717) is 31.2 Å². The molecule has 0 spiro atoms. The first-order valence-corrected chi connectivity index (χ1v) is 10.2. The van der Waals surface area contributed by atoms with Crippen molar-refractivity contribution in [2.24, 2.45) is 5.92 Å². The Labute approximate surface area is 174 Å². The van der Waals surface area contributed by atoms with Crippen LogP contribution < -0.4 is 10.1 Å². The number of rotatable bonds is 10. The van der Waals surface area contributed by atoms with E-state index in [4.69, 9.17) is 4.74 Å². The van der Waals surface area contributed by atoms with Gasteiger partial charge in [0.2, 0.25) is 5.91 Å². The van der Waals surface area contributed by atoms with Crippen LogP contribution >= 0.6 is 0 Å². The van der Waals surface area contributed by atoms with Crippen LogP contribution in [0.1, 0.15) is 38.3 Å². The SMILES string of the molecule is CCC(C(=O)NCC(C)C)N(Cc1ccccc1)C(=O)COc1ccccc1C. The van der Waals surface area contributed by atoms with Crippen LogP contribution in [-0.4, -0.2) is 35.9 Å². The van der Waals surface area contributed by atoms with Gasteiger partial charge in [0.15, 0.2) is 6.61 Å². The maximum Gasteiger partial charge on any atom is 0.261 e. The van der Waals surface area contributed by atoms with E-state index in [9.17, 15) is 9.59 Å². The summed E-state index contributed by atoms with van der Waals surface area (Å²) in [5, 5.41) is 2.96. The molecule has 156 valence electrons. The molecule has 0 radical (unpaired) electrons. The summed E-state index contributed by atoms with van der Waals surface area (Å²) in [6, 6.07) is 16.8. The van der Waals surface area contributed by atoms with Gasteiger partial charge in [-0.3, -0.25) is 9.59 Å². The van der Waals surface area contributed by atoms with Crippen LogP contribution in [0, 0.1) is 12.8 Å². The topological polar surface area (TPSA) is 58.6 Å². The highest BCUT2D eigenvalue weighted by Gasteiger charge is 2.29. The molecular weight excluding hydrogens is 364 g/mol. The molecule has 0 aliphatic rings. The third-order valence-electron chi connectivity index (χ3n) is 4.71. The Morgan fingerprint density at radius 1 is 1.03 bits per heavy atom. The third kappa shape index (κ3) is 6.93. The summed E-state index contributed by atoms with van der Waals surface area (Å²) in [6.07, 6.45) is 0.535. The fraction of sp³-hybridized carbons (Fsp3) is 0.417. The molecule has 2 rings (SSSR count). The number of carbonyl (C=O) groups excluding carboxylic acids is 2. The summed E-state index contributed by atoms with van der Waals surface area (Å²) in [6.45, 7) is 8.80. The van der Waals surface area contributed by atoms with Gasteiger partial charge < -0.3 is 15.0 Å². The second-order valence-corrected chi connectivity index (χ2v) is 7.62. The quantitative estimate of drug-likeness (QED) is 0.661. The fourth-order valence-corrected chi connectivity index (χ4v) is 3.06. The van der Waals surface area contributed by atoms with Gasteiger partial charge in [-0.1, -0.05) is 69.3 Å². The maximum atomic E-state index is 13.1. The van der Waals surface area contributed by atoms with E-state index >= 15 is 0 Å². The lowest BCUT2D eigenvalue weighted by Gasteiger charge is -2.31. The molecule has 5 heteroatoms. The van der Waals surface area contributed by atoms with Crippen LogP contribution in [0.15, 0.2) is 54.6 Å². The molecular formula is C24H32N2O3. The van der Waals surface area contributed by atoms with Crippen molar-refractivity contribution in [1.82, 2.24) is 10.2 Å². The number of nitrogens with one attached hydrogen (secondary N) is 1. The van der Waals surface area contributed by atoms with E-state index in [2.05, 4.69) is 5.32 Å². The molecule has 0 aliphatic heterocycles. The maximum absolute atomic E-state index is 13.1. The average molecular weight is 397 g/mol. The van der Waals surface area contributed by atoms with Crippen LogP contribution in [0.25, 0.3) is 0 Å². The predicted octanol–water partition coefficient (Wildman–Crippen LogP) is 3.95. The lowest BCUT2D eigenvalue weighted by molar-refractivity contribution is -0.143. The van der Waals surface area contributed by atoms with Gasteiger partial charge in [0.25, 0.3) is 5.91 Å². The summed E-state index contributed by atoms with van der Waals surface area (Å²) in [7, 11) is 0. The Morgan fingerprint density at radius 2 is 1.69 bits per heavy atom. The molecule has 0 aromatic heterocycles. The Morgan fingerprint density at radius 3 is 2.31 bits per heavy atom. The molecule has 2 amide bonds. The number of amides is 2. The van der Waals surface area contributed by atoms with Crippen molar-refractivity contribution in [2.45, 2.75) is 46.7 Å². The van der Waals surface area contributed by atoms with Crippen LogP contribution in [0.3, 0.4) is 0 Å². The van der Waals surface area contributed by atoms with E-state index in [-0.39, 0.29) is 18.4 Å². The summed E-state index contributed by atoms with van der Waals surface area (Å²) in [5.41, 5.74) is 1.95. The second kappa shape index (κ2) is 11.2. The Kier molecular flexibility index (Phi) is 8.71. The lowest BCUT2D eigenvalue weighted by atomic mass is 10.1. The molecule has 0 bridgehead atoms. The summed E-state index contributed by atoms with van der Waals surface area (Å²) in [5.74, 6) is 0.696. The largest absolute Gasteiger partial charge is 0.484 e. The number of hydrogen-bond donors (Lipinski definition) is 1. The van der Waals surface area contributed by atoms with Gasteiger partial charge >= 0.3 is 0 Å². The fourth-order valence-electron chi connectivity index (χ4n) is 3.06. The minimum atomic E-state index is -0.540. The zero-order valence-electron chi connectivity index (χ0n) is 17.9. The average Bonchev–Trinajstić information content (AvgIpc) is 2.72. The zero-order valence-corrected chi connectivity index (χ0v) is 17.9. The molecule has 0 saturated carbocycles. The number of aryl methyl sites for hydroxylation is 1. The van der Waals surface area contributed by atoms with E-state index in [1.807, 2.05) is 82.3 Å². The highest BCUT2D eigenvalue weighted by molar-refractivity contribution is 5.88.